The highest BCUT2D eigenvalue weighted by molar-refractivity contribution is 7.92. The lowest BCUT2D eigenvalue weighted by Crippen LogP contribution is -2.29. The predicted octanol–water partition coefficient (Wildman–Crippen LogP) is 4.23. The fourth-order valence-corrected chi connectivity index (χ4v) is 6.85. The summed E-state index contributed by atoms with van der Waals surface area (Å²) in [6, 6.07) is 19.0. The summed E-state index contributed by atoms with van der Waals surface area (Å²) in [4.78, 5) is 17.9. The number of carbonyl (C=O) groups is 1. The number of aromatic nitrogens is 1. The molecule has 2 heterocycles. The average molecular weight is 518 g/mol. The number of para-hydroxylation sites is 2. The maximum atomic E-state index is 13.3. The Morgan fingerprint density at radius 1 is 1.11 bits per heavy atom. The van der Waals surface area contributed by atoms with Crippen molar-refractivity contribution in [1.29, 1.82) is 0 Å². The molecule has 1 aliphatic rings. The van der Waals surface area contributed by atoms with Crippen molar-refractivity contribution in [1.82, 2.24) is 4.57 Å². The van der Waals surface area contributed by atoms with Gasteiger partial charge in [0.25, 0.3) is 15.9 Å². The topological polar surface area (TPSA) is 81.0 Å². The lowest BCUT2D eigenvalue weighted by Gasteiger charge is -2.19. The number of ether oxygens (including phenoxy) is 1. The molecule has 0 N–H and O–H groups in total. The Hall–Kier alpha value is -3.87. The number of hydrogen-bond acceptors (Lipinski definition) is 5. The molecule has 0 saturated heterocycles. The Balaban J connectivity index is 1.48. The van der Waals surface area contributed by atoms with E-state index >= 15 is 0 Å². The number of nitrogens with zero attached hydrogens (tertiary/aromatic N) is 3. The molecule has 0 aliphatic carbocycles. The zero-order valence-electron chi connectivity index (χ0n) is 19.5. The van der Waals surface area contributed by atoms with Gasteiger partial charge in [0.15, 0.2) is 4.80 Å². The summed E-state index contributed by atoms with van der Waals surface area (Å²) in [5.41, 5.74) is 2.77. The van der Waals surface area contributed by atoms with Crippen LogP contribution in [0.25, 0.3) is 10.2 Å². The van der Waals surface area contributed by atoms with Crippen LogP contribution >= 0.6 is 11.3 Å². The summed E-state index contributed by atoms with van der Waals surface area (Å²) in [6.07, 6.45) is 6.26. The van der Waals surface area contributed by atoms with Gasteiger partial charge >= 0.3 is 0 Å². The molecule has 1 aromatic heterocycles. The van der Waals surface area contributed by atoms with Gasteiger partial charge in [-0.05, 0) is 61.4 Å². The SMILES string of the molecule is C#CCn1c(=NC(=O)c2ccc(S(=O)(=O)N3CCc4ccccc43)cc2)sc2cccc(OCC)c21. The van der Waals surface area contributed by atoms with Crippen LogP contribution in [-0.4, -0.2) is 32.0 Å². The minimum Gasteiger partial charge on any atom is -0.492 e. The standard InChI is InChI=1S/C27H23N3O4S2/c1-3-17-29-25-23(34-4-2)10-7-11-24(25)35-27(29)28-26(31)20-12-14-21(15-13-20)36(32,33)30-18-16-19-8-5-6-9-22(19)30/h1,5-15H,4,16-18H2,2H3. The lowest BCUT2D eigenvalue weighted by molar-refractivity contribution is 0.0997. The molecular formula is C27H23N3O4S2. The fourth-order valence-electron chi connectivity index (χ4n) is 4.30. The van der Waals surface area contributed by atoms with Gasteiger partial charge in [-0.15, -0.1) is 6.42 Å². The minimum absolute atomic E-state index is 0.126. The molecular weight excluding hydrogens is 494 g/mol. The van der Waals surface area contributed by atoms with Crippen LogP contribution in [0.3, 0.4) is 0 Å². The maximum absolute atomic E-state index is 13.3. The Morgan fingerprint density at radius 2 is 1.89 bits per heavy atom. The number of thiazole rings is 1. The van der Waals surface area contributed by atoms with Gasteiger partial charge in [0.1, 0.15) is 11.3 Å². The first-order valence-corrected chi connectivity index (χ1v) is 13.7. The van der Waals surface area contributed by atoms with Gasteiger partial charge in [-0.3, -0.25) is 9.10 Å². The number of amides is 1. The monoisotopic (exact) mass is 517 g/mol. The summed E-state index contributed by atoms with van der Waals surface area (Å²) >= 11 is 1.34. The summed E-state index contributed by atoms with van der Waals surface area (Å²) in [5, 5.41) is 0. The fraction of sp³-hybridized carbons (Fsp3) is 0.185. The first-order valence-electron chi connectivity index (χ1n) is 11.4. The number of terminal acetylenes is 1. The highest BCUT2D eigenvalue weighted by Gasteiger charge is 2.30. The maximum Gasteiger partial charge on any atom is 0.279 e. The third kappa shape index (κ3) is 4.19. The van der Waals surface area contributed by atoms with E-state index in [4.69, 9.17) is 11.2 Å². The molecule has 0 radical (unpaired) electrons. The van der Waals surface area contributed by atoms with Crippen LogP contribution in [-0.2, 0) is 23.0 Å². The molecule has 1 amide bonds. The second kappa shape index (κ2) is 9.64. The van der Waals surface area contributed by atoms with Crippen LogP contribution in [0.1, 0.15) is 22.8 Å². The predicted molar refractivity (Wildman–Crippen MR) is 141 cm³/mol. The quantitative estimate of drug-likeness (QED) is 0.359. The highest BCUT2D eigenvalue weighted by atomic mass is 32.2. The number of rotatable bonds is 6. The molecule has 0 saturated carbocycles. The third-order valence-electron chi connectivity index (χ3n) is 5.94. The summed E-state index contributed by atoms with van der Waals surface area (Å²) in [7, 11) is -3.74. The van der Waals surface area contributed by atoms with Gasteiger partial charge in [0.2, 0.25) is 0 Å². The van der Waals surface area contributed by atoms with E-state index in [-0.39, 0.29) is 17.0 Å². The van der Waals surface area contributed by atoms with Gasteiger partial charge in [-0.25, -0.2) is 8.42 Å². The minimum atomic E-state index is -3.74. The number of fused-ring (bicyclic) bond motifs is 2. The van der Waals surface area contributed by atoms with Crippen molar-refractivity contribution in [2.75, 3.05) is 17.5 Å². The van der Waals surface area contributed by atoms with Crippen molar-refractivity contribution in [3.63, 3.8) is 0 Å². The van der Waals surface area contributed by atoms with Crippen LogP contribution in [0.5, 0.6) is 5.75 Å². The number of anilines is 1. The largest absolute Gasteiger partial charge is 0.492 e. The molecule has 0 fully saturated rings. The Labute approximate surface area is 213 Å². The number of benzene rings is 3. The molecule has 182 valence electrons. The van der Waals surface area contributed by atoms with E-state index in [0.717, 1.165) is 15.8 Å². The van der Waals surface area contributed by atoms with E-state index in [2.05, 4.69) is 10.9 Å². The van der Waals surface area contributed by atoms with Crippen molar-refractivity contribution in [2.45, 2.75) is 24.8 Å². The van der Waals surface area contributed by atoms with Crippen LogP contribution in [0.2, 0.25) is 0 Å². The van der Waals surface area contributed by atoms with E-state index in [1.165, 1.54) is 39.9 Å². The Bertz CT molecular complexity index is 1680. The second-order valence-corrected chi connectivity index (χ2v) is 11.0. The normalized spacial score (nSPS) is 13.6. The Morgan fingerprint density at radius 3 is 2.64 bits per heavy atom. The number of sulfonamides is 1. The van der Waals surface area contributed by atoms with Crippen LogP contribution in [0.15, 0.2) is 76.6 Å². The van der Waals surface area contributed by atoms with Crippen molar-refractivity contribution in [2.24, 2.45) is 4.99 Å². The molecule has 1 aliphatic heterocycles. The molecule has 5 rings (SSSR count). The number of carbonyl (C=O) groups excluding carboxylic acids is 1. The molecule has 9 heteroatoms. The zero-order chi connectivity index (χ0) is 25.3. The number of hydrogen-bond donors (Lipinski definition) is 0. The van der Waals surface area contributed by atoms with Crippen LogP contribution in [0.4, 0.5) is 5.69 Å². The second-order valence-electron chi connectivity index (χ2n) is 8.11. The smallest absolute Gasteiger partial charge is 0.279 e. The van der Waals surface area contributed by atoms with E-state index in [1.54, 1.807) is 4.57 Å². The summed E-state index contributed by atoms with van der Waals surface area (Å²) < 4.78 is 36.4. The molecule has 4 aromatic rings. The van der Waals surface area contributed by atoms with E-state index in [1.807, 2.05) is 49.4 Å². The van der Waals surface area contributed by atoms with Gasteiger partial charge < -0.3 is 9.30 Å². The lowest BCUT2D eigenvalue weighted by atomic mass is 10.2. The van der Waals surface area contributed by atoms with Gasteiger partial charge in [-0.2, -0.15) is 4.99 Å². The molecule has 3 aromatic carbocycles. The summed E-state index contributed by atoms with van der Waals surface area (Å²) in [6.45, 7) is 3.01. The average Bonchev–Trinajstić information content (AvgIpc) is 3.47. The van der Waals surface area contributed by atoms with Crippen LogP contribution < -0.4 is 13.8 Å². The molecule has 7 nitrogen and oxygen atoms in total. The van der Waals surface area contributed by atoms with Crippen molar-refractivity contribution < 1.29 is 17.9 Å². The molecule has 0 atom stereocenters. The van der Waals surface area contributed by atoms with Crippen molar-refractivity contribution in [3.05, 3.63) is 82.7 Å². The van der Waals surface area contributed by atoms with E-state index in [9.17, 15) is 13.2 Å². The summed E-state index contributed by atoms with van der Waals surface area (Å²) in [5.74, 6) is 2.80. The van der Waals surface area contributed by atoms with Gasteiger partial charge in [0.05, 0.1) is 28.4 Å². The molecule has 0 bridgehead atoms. The van der Waals surface area contributed by atoms with Gasteiger partial charge in [-0.1, -0.05) is 41.5 Å². The van der Waals surface area contributed by atoms with E-state index in [0.29, 0.717) is 35.8 Å². The third-order valence-corrected chi connectivity index (χ3v) is 8.82. The Kier molecular flexibility index (Phi) is 6.39. The van der Waals surface area contributed by atoms with Crippen LogP contribution in [0, 0.1) is 12.3 Å². The highest BCUT2D eigenvalue weighted by Crippen LogP contribution is 2.33. The van der Waals surface area contributed by atoms with Crippen molar-refractivity contribution in [3.8, 4) is 18.1 Å². The first kappa shape index (κ1) is 23.9. The van der Waals surface area contributed by atoms with Crippen molar-refractivity contribution >= 4 is 43.2 Å². The molecule has 0 unspecified atom stereocenters. The molecule has 36 heavy (non-hydrogen) atoms. The zero-order valence-corrected chi connectivity index (χ0v) is 21.2. The van der Waals surface area contributed by atoms with E-state index < -0.39 is 15.9 Å². The molecule has 0 spiro atoms. The van der Waals surface area contributed by atoms with Gasteiger partial charge in [0, 0.05) is 12.1 Å². The first-order chi connectivity index (χ1) is 17.4.